The van der Waals surface area contributed by atoms with Gasteiger partial charge >= 0.3 is 0 Å². The third-order valence-corrected chi connectivity index (χ3v) is 4.26. The fraction of sp³-hybridized carbons (Fsp3) is 0. The molecule has 2 heterocycles. The predicted octanol–water partition coefficient (Wildman–Crippen LogP) is 4.73. The van der Waals surface area contributed by atoms with Crippen LogP contribution in [0.2, 0.25) is 0 Å². The van der Waals surface area contributed by atoms with Gasteiger partial charge in [-0.1, -0.05) is 30.3 Å². The molecule has 0 spiro atoms. The Hall–Kier alpha value is -2.92. The molecule has 0 amide bonds. The number of nitrogens with zero attached hydrogens (tertiary/aromatic N) is 2. The number of nitrogens with two attached hydrogens (primary N) is 1. The number of thiophene rings is 1. The molecule has 4 rings (SSSR count). The lowest BCUT2D eigenvalue weighted by Crippen LogP contribution is -1.97. The van der Waals surface area contributed by atoms with Crippen molar-refractivity contribution in [2.45, 2.75) is 0 Å². The second-order valence-electron chi connectivity index (χ2n) is 4.98. The number of rotatable bonds is 3. The van der Waals surface area contributed by atoms with Crippen LogP contribution in [0.3, 0.4) is 0 Å². The van der Waals surface area contributed by atoms with Crippen LogP contribution in [0.1, 0.15) is 0 Å². The highest BCUT2D eigenvalue weighted by Crippen LogP contribution is 2.33. The fourth-order valence-electron chi connectivity index (χ4n) is 2.35. The smallest absolute Gasteiger partial charge is 0.166 e. The summed E-state index contributed by atoms with van der Waals surface area (Å²) in [5.41, 5.74) is 6.87. The lowest BCUT2D eigenvalue weighted by Gasteiger charge is -2.10. The number of aromatic nitrogens is 2. The first kappa shape index (κ1) is 13.7. The Morgan fingerprint density at radius 3 is 2.52 bits per heavy atom. The Kier molecular flexibility index (Phi) is 3.40. The van der Waals surface area contributed by atoms with Gasteiger partial charge in [0.05, 0.1) is 10.9 Å². The van der Waals surface area contributed by atoms with E-state index in [0.717, 1.165) is 21.5 Å². The van der Waals surface area contributed by atoms with Gasteiger partial charge in [-0.2, -0.15) is 0 Å². The van der Waals surface area contributed by atoms with Crippen molar-refractivity contribution in [3.63, 3.8) is 0 Å². The highest BCUT2D eigenvalue weighted by molar-refractivity contribution is 7.16. The van der Waals surface area contributed by atoms with Gasteiger partial charge in [0.15, 0.2) is 5.82 Å². The lowest BCUT2D eigenvalue weighted by molar-refractivity contribution is 0.484. The number of benzene rings is 2. The molecule has 2 N–H and O–H groups in total. The maximum Gasteiger partial charge on any atom is 0.166 e. The van der Waals surface area contributed by atoms with Crippen molar-refractivity contribution in [2.75, 3.05) is 5.73 Å². The Morgan fingerprint density at radius 2 is 1.65 bits per heavy atom. The first-order chi connectivity index (χ1) is 11.3. The number of fused-ring (bicyclic) bond motifs is 1. The molecule has 4 nitrogen and oxygen atoms in total. The average molecular weight is 319 g/mol. The summed E-state index contributed by atoms with van der Waals surface area (Å²) in [6, 6.07) is 19.3. The van der Waals surface area contributed by atoms with E-state index in [2.05, 4.69) is 9.97 Å². The van der Waals surface area contributed by atoms with Gasteiger partial charge in [0.25, 0.3) is 0 Å². The van der Waals surface area contributed by atoms with E-state index in [4.69, 9.17) is 10.5 Å². The molecule has 0 saturated heterocycles. The SMILES string of the molecule is Nc1nc(-c2ccccc2Oc2ccccc2)nc2sccc12. The maximum absolute atomic E-state index is 6.06. The van der Waals surface area contributed by atoms with Crippen LogP contribution in [-0.4, -0.2) is 9.97 Å². The summed E-state index contributed by atoms with van der Waals surface area (Å²) in [5, 5.41) is 2.85. The minimum atomic E-state index is 0.487. The minimum Gasteiger partial charge on any atom is -0.457 e. The zero-order valence-electron chi connectivity index (χ0n) is 12.1. The van der Waals surface area contributed by atoms with Crippen LogP contribution in [-0.2, 0) is 0 Å². The van der Waals surface area contributed by atoms with Crippen LogP contribution < -0.4 is 10.5 Å². The van der Waals surface area contributed by atoms with E-state index < -0.39 is 0 Å². The standard InChI is InChI=1S/C18H13N3OS/c19-16-14-10-11-23-18(14)21-17(20-16)13-8-4-5-9-15(13)22-12-6-2-1-3-7-12/h1-11H,(H2,19,20,21). The summed E-state index contributed by atoms with van der Waals surface area (Å²) in [6.07, 6.45) is 0. The fourth-order valence-corrected chi connectivity index (χ4v) is 3.13. The molecule has 0 aliphatic rings. The van der Waals surface area contributed by atoms with Gasteiger partial charge in [-0.25, -0.2) is 9.97 Å². The second kappa shape index (κ2) is 5.70. The van der Waals surface area contributed by atoms with E-state index in [1.54, 1.807) is 11.3 Å². The summed E-state index contributed by atoms with van der Waals surface area (Å²) in [4.78, 5) is 9.93. The van der Waals surface area contributed by atoms with Crippen molar-refractivity contribution in [3.05, 3.63) is 66.0 Å². The number of nitrogen functional groups attached to an aromatic ring is 1. The zero-order valence-corrected chi connectivity index (χ0v) is 13.0. The summed E-state index contributed by atoms with van der Waals surface area (Å²) >= 11 is 1.55. The van der Waals surface area contributed by atoms with Crippen LogP contribution >= 0.6 is 11.3 Å². The van der Waals surface area contributed by atoms with Crippen molar-refractivity contribution >= 4 is 27.4 Å². The molecule has 23 heavy (non-hydrogen) atoms. The maximum atomic E-state index is 6.06. The molecule has 0 fully saturated rings. The summed E-state index contributed by atoms with van der Waals surface area (Å²) < 4.78 is 5.98. The van der Waals surface area contributed by atoms with E-state index in [-0.39, 0.29) is 0 Å². The molecule has 4 aromatic rings. The predicted molar refractivity (Wildman–Crippen MR) is 93.8 cm³/mol. The van der Waals surface area contributed by atoms with Crippen molar-refractivity contribution in [1.29, 1.82) is 0 Å². The highest BCUT2D eigenvalue weighted by Gasteiger charge is 2.13. The van der Waals surface area contributed by atoms with E-state index >= 15 is 0 Å². The van der Waals surface area contributed by atoms with Gasteiger partial charge in [-0.15, -0.1) is 11.3 Å². The first-order valence-electron chi connectivity index (χ1n) is 7.14. The first-order valence-corrected chi connectivity index (χ1v) is 8.02. The quantitative estimate of drug-likeness (QED) is 0.593. The number of para-hydroxylation sites is 2. The monoisotopic (exact) mass is 319 g/mol. The normalized spacial score (nSPS) is 10.8. The van der Waals surface area contributed by atoms with E-state index in [9.17, 15) is 0 Å². The van der Waals surface area contributed by atoms with Crippen LogP contribution in [0, 0.1) is 0 Å². The topological polar surface area (TPSA) is 61.0 Å². The number of hydrogen-bond acceptors (Lipinski definition) is 5. The van der Waals surface area contributed by atoms with Crippen LogP contribution in [0.15, 0.2) is 66.0 Å². The van der Waals surface area contributed by atoms with Crippen molar-refractivity contribution < 1.29 is 4.74 Å². The molecule has 0 aliphatic heterocycles. The Labute approximate surface area is 137 Å². The van der Waals surface area contributed by atoms with Crippen molar-refractivity contribution in [1.82, 2.24) is 9.97 Å². The molecule has 0 radical (unpaired) electrons. The lowest BCUT2D eigenvalue weighted by atomic mass is 10.2. The molecule has 112 valence electrons. The van der Waals surface area contributed by atoms with Crippen molar-refractivity contribution in [2.24, 2.45) is 0 Å². The van der Waals surface area contributed by atoms with E-state index in [1.807, 2.05) is 66.0 Å². The molecule has 0 bridgehead atoms. The number of anilines is 1. The van der Waals surface area contributed by atoms with Crippen LogP contribution in [0.4, 0.5) is 5.82 Å². The van der Waals surface area contributed by atoms with Gasteiger partial charge in [-0.3, -0.25) is 0 Å². The summed E-state index contributed by atoms with van der Waals surface area (Å²) in [7, 11) is 0. The van der Waals surface area contributed by atoms with Gasteiger partial charge in [0, 0.05) is 0 Å². The molecule has 0 aliphatic carbocycles. The Morgan fingerprint density at radius 1 is 0.870 bits per heavy atom. The molecule has 5 heteroatoms. The zero-order chi connectivity index (χ0) is 15.6. The van der Waals surface area contributed by atoms with Gasteiger partial charge in [0.2, 0.25) is 0 Å². The summed E-state index contributed by atoms with van der Waals surface area (Å²) in [6.45, 7) is 0. The largest absolute Gasteiger partial charge is 0.457 e. The van der Waals surface area contributed by atoms with Crippen LogP contribution in [0.5, 0.6) is 11.5 Å². The van der Waals surface area contributed by atoms with E-state index in [0.29, 0.717) is 17.4 Å². The molecule has 0 saturated carbocycles. The average Bonchev–Trinajstić information content (AvgIpc) is 3.05. The highest BCUT2D eigenvalue weighted by atomic mass is 32.1. The Bertz CT molecular complexity index is 966. The third kappa shape index (κ3) is 2.62. The summed E-state index contributed by atoms with van der Waals surface area (Å²) in [5.74, 6) is 2.53. The second-order valence-corrected chi connectivity index (χ2v) is 5.88. The van der Waals surface area contributed by atoms with Crippen molar-refractivity contribution in [3.8, 4) is 22.9 Å². The molecular formula is C18H13N3OS. The molecule has 0 atom stereocenters. The molecule has 2 aromatic carbocycles. The third-order valence-electron chi connectivity index (χ3n) is 3.45. The van der Waals surface area contributed by atoms with Crippen LogP contribution in [0.25, 0.3) is 21.6 Å². The van der Waals surface area contributed by atoms with Gasteiger partial charge in [0.1, 0.15) is 22.1 Å². The van der Waals surface area contributed by atoms with Gasteiger partial charge in [-0.05, 0) is 35.7 Å². The molecular weight excluding hydrogens is 306 g/mol. The number of ether oxygens (including phenoxy) is 1. The van der Waals surface area contributed by atoms with Gasteiger partial charge < -0.3 is 10.5 Å². The van der Waals surface area contributed by atoms with E-state index in [1.165, 1.54) is 0 Å². The molecule has 2 aromatic heterocycles. The minimum absolute atomic E-state index is 0.487. The number of hydrogen-bond donors (Lipinski definition) is 1. The molecule has 0 unspecified atom stereocenters. The Balaban J connectivity index is 1.81.